The van der Waals surface area contributed by atoms with Crippen molar-refractivity contribution in [1.29, 1.82) is 0 Å². The highest BCUT2D eigenvalue weighted by Crippen LogP contribution is 2.22. The Hall–Kier alpha value is -0.810. The standard InChI is InChI=1S/C14H31N3O2/c1-13(2,3)9-11(18)10-16-8-6-7-14(4,5)12(15)17-19/h11,16,18-19H,6-10H2,1-5H3,(H2,15,17). The Labute approximate surface area is 117 Å². The van der Waals surface area contributed by atoms with Gasteiger partial charge in [-0.1, -0.05) is 39.8 Å². The Morgan fingerprint density at radius 1 is 1.26 bits per heavy atom. The van der Waals surface area contributed by atoms with Gasteiger partial charge in [0, 0.05) is 12.0 Å². The summed E-state index contributed by atoms with van der Waals surface area (Å²) in [4.78, 5) is 0. The zero-order valence-corrected chi connectivity index (χ0v) is 13.0. The maximum atomic E-state index is 9.84. The molecule has 0 fully saturated rings. The smallest absolute Gasteiger partial charge is 0.144 e. The second kappa shape index (κ2) is 7.70. The molecule has 5 nitrogen and oxygen atoms in total. The minimum atomic E-state index is -0.308. The van der Waals surface area contributed by atoms with E-state index in [1.807, 2.05) is 13.8 Å². The summed E-state index contributed by atoms with van der Waals surface area (Å²) >= 11 is 0. The van der Waals surface area contributed by atoms with Gasteiger partial charge in [0.1, 0.15) is 5.84 Å². The lowest BCUT2D eigenvalue weighted by Gasteiger charge is -2.24. The van der Waals surface area contributed by atoms with Gasteiger partial charge in [0.15, 0.2) is 0 Å². The van der Waals surface area contributed by atoms with E-state index in [1.165, 1.54) is 0 Å². The van der Waals surface area contributed by atoms with Crippen LogP contribution in [0.1, 0.15) is 53.9 Å². The maximum Gasteiger partial charge on any atom is 0.144 e. The topological polar surface area (TPSA) is 90.9 Å². The van der Waals surface area contributed by atoms with Crippen LogP contribution in [-0.4, -0.2) is 35.3 Å². The number of aliphatic hydroxyl groups excluding tert-OH is 1. The number of hydrogen-bond acceptors (Lipinski definition) is 4. The Bertz CT molecular complexity index is 283. The second-order valence-corrected chi connectivity index (χ2v) is 7.10. The van der Waals surface area contributed by atoms with Crippen LogP contribution in [0.25, 0.3) is 0 Å². The molecule has 0 aliphatic carbocycles. The molecule has 1 atom stereocenters. The third-order valence-electron chi connectivity index (χ3n) is 3.18. The van der Waals surface area contributed by atoms with E-state index >= 15 is 0 Å². The van der Waals surface area contributed by atoms with Gasteiger partial charge in [-0.25, -0.2) is 0 Å². The van der Waals surface area contributed by atoms with Gasteiger partial charge >= 0.3 is 0 Å². The van der Waals surface area contributed by atoms with Gasteiger partial charge in [0.25, 0.3) is 0 Å². The Kier molecular flexibility index (Phi) is 7.37. The van der Waals surface area contributed by atoms with Crippen LogP contribution in [0.15, 0.2) is 5.16 Å². The summed E-state index contributed by atoms with van der Waals surface area (Å²) in [7, 11) is 0. The quantitative estimate of drug-likeness (QED) is 0.179. The molecular weight excluding hydrogens is 242 g/mol. The Balaban J connectivity index is 3.77. The van der Waals surface area contributed by atoms with Gasteiger partial charge in [-0.3, -0.25) is 0 Å². The number of nitrogens with zero attached hydrogens (tertiary/aromatic N) is 1. The fraction of sp³-hybridized carbons (Fsp3) is 0.929. The largest absolute Gasteiger partial charge is 0.409 e. The number of amidine groups is 1. The molecule has 0 saturated carbocycles. The molecule has 0 bridgehead atoms. The molecule has 0 aromatic carbocycles. The minimum Gasteiger partial charge on any atom is -0.409 e. The number of oxime groups is 1. The van der Waals surface area contributed by atoms with E-state index < -0.39 is 0 Å². The average Bonchev–Trinajstić information content (AvgIpc) is 2.24. The molecule has 0 spiro atoms. The lowest BCUT2D eigenvalue weighted by molar-refractivity contribution is 0.119. The summed E-state index contributed by atoms with van der Waals surface area (Å²) in [5.74, 6) is 0.264. The molecule has 0 rings (SSSR count). The van der Waals surface area contributed by atoms with Gasteiger partial charge in [0.05, 0.1) is 6.10 Å². The molecule has 0 saturated heterocycles. The highest BCUT2D eigenvalue weighted by atomic mass is 16.4. The first-order valence-corrected chi connectivity index (χ1v) is 6.95. The second-order valence-electron chi connectivity index (χ2n) is 7.10. The minimum absolute atomic E-state index is 0.148. The van der Waals surface area contributed by atoms with Crippen LogP contribution < -0.4 is 11.1 Å². The zero-order valence-electron chi connectivity index (χ0n) is 13.0. The van der Waals surface area contributed by atoms with Crippen molar-refractivity contribution in [2.45, 2.75) is 60.0 Å². The predicted molar refractivity (Wildman–Crippen MR) is 79.4 cm³/mol. The normalized spacial score (nSPS) is 15.6. The SMILES string of the molecule is CC(C)(C)CC(O)CNCCCC(C)(C)C(N)=NO. The molecule has 0 aromatic heterocycles. The molecule has 0 aliphatic rings. The molecule has 0 aromatic rings. The summed E-state index contributed by atoms with van der Waals surface area (Å²) in [5.41, 5.74) is 5.48. The van der Waals surface area contributed by atoms with Crippen molar-refractivity contribution in [3.05, 3.63) is 0 Å². The Morgan fingerprint density at radius 3 is 2.32 bits per heavy atom. The first-order valence-electron chi connectivity index (χ1n) is 6.95. The molecule has 5 heteroatoms. The third-order valence-corrected chi connectivity index (χ3v) is 3.18. The zero-order chi connectivity index (χ0) is 15.1. The summed E-state index contributed by atoms with van der Waals surface area (Å²) in [6.45, 7) is 11.7. The number of aliphatic hydroxyl groups is 1. The summed E-state index contributed by atoms with van der Waals surface area (Å²) < 4.78 is 0. The molecule has 0 radical (unpaired) electrons. The maximum absolute atomic E-state index is 9.84. The van der Waals surface area contributed by atoms with Gasteiger partial charge in [-0.2, -0.15) is 0 Å². The molecule has 0 amide bonds. The molecule has 114 valence electrons. The van der Waals surface area contributed by atoms with E-state index in [-0.39, 0.29) is 22.8 Å². The van der Waals surface area contributed by atoms with Crippen LogP contribution in [-0.2, 0) is 0 Å². The number of nitrogens with one attached hydrogen (secondary N) is 1. The van der Waals surface area contributed by atoms with E-state index in [0.29, 0.717) is 6.54 Å². The molecule has 5 N–H and O–H groups in total. The number of hydrogen-bond donors (Lipinski definition) is 4. The summed E-state index contributed by atoms with van der Waals surface area (Å²) in [6, 6.07) is 0. The van der Waals surface area contributed by atoms with Gasteiger partial charge in [-0.15, -0.1) is 0 Å². The van der Waals surface area contributed by atoms with Gasteiger partial charge in [0.2, 0.25) is 0 Å². The van der Waals surface area contributed by atoms with E-state index in [4.69, 9.17) is 10.9 Å². The van der Waals surface area contributed by atoms with Crippen LogP contribution in [0, 0.1) is 10.8 Å². The lowest BCUT2D eigenvalue weighted by atomic mass is 9.86. The molecule has 19 heavy (non-hydrogen) atoms. The van der Waals surface area contributed by atoms with E-state index in [0.717, 1.165) is 25.8 Å². The van der Waals surface area contributed by atoms with Crippen LogP contribution in [0.3, 0.4) is 0 Å². The molecular formula is C14H31N3O2. The number of nitrogens with two attached hydrogens (primary N) is 1. The monoisotopic (exact) mass is 273 g/mol. The van der Waals surface area contributed by atoms with Crippen molar-refractivity contribution in [1.82, 2.24) is 5.32 Å². The summed E-state index contributed by atoms with van der Waals surface area (Å²) in [5, 5.41) is 24.8. The average molecular weight is 273 g/mol. The van der Waals surface area contributed by atoms with Gasteiger partial charge < -0.3 is 21.4 Å². The van der Waals surface area contributed by atoms with Crippen molar-refractivity contribution in [2.75, 3.05) is 13.1 Å². The van der Waals surface area contributed by atoms with E-state index in [2.05, 4.69) is 31.2 Å². The number of rotatable bonds is 8. The van der Waals surface area contributed by atoms with E-state index in [1.54, 1.807) is 0 Å². The fourth-order valence-corrected chi connectivity index (χ4v) is 1.97. The van der Waals surface area contributed by atoms with Gasteiger partial charge in [-0.05, 0) is 31.2 Å². The fourth-order valence-electron chi connectivity index (χ4n) is 1.97. The van der Waals surface area contributed by atoms with Crippen molar-refractivity contribution >= 4 is 5.84 Å². The summed E-state index contributed by atoms with van der Waals surface area (Å²) in [6.07, 6.45) is 2.24. The van der Waals surface area contributed by atoms with Crippen LogP contribution >= 0.6 is 0 Å². The van der Waals surface area contributed by atoms with Crippen molar-refractivity contribution < 1.29 is 10.3 Å². The van der Waals surface area contributed by atoms with E-state index in [9.17, 15) is 5.11 Å². The third kappa shape index (κ3) is 8.83. The lowest BCUT2D eigenvalue weighted by Crippen LogP contribution is -2.34. The Morgan fingerprint density at radius 2 is 1.84 bits per heavy atom. The highest BCUT2D eigenvalue weighted by molar-refractivity contribution is 5.85. The van der Waals surface area contributed by atoms with Crippen molar-refractivity contribution in [3.8, 4) is 0 Å². The molecule has 0 aliphatic heterocycles. The highest BCUT2D eigenvalue weighted by Gasteiger charge is 2.22. The van der Waals surface area contributed by atoms with Crippen LogP contribution in [0.5, 0.6) is 0 Å². The molecule has 1 unspecified atom stereocenters. The van der Waals surface area contributed by atoms with Crippen LogP contribution in [0.2, 0.25) is 0 Å². The molecule has 0 heterocycles. The first kappa shape index (κ1) is 18.2. The predicted octanol–water partition coefficient (Wildman–Crippen LogP) is 1.93. The van der Waals surface area contributed by atoms with Crippen LogP contribution in [0.4, 0.5) is 0 Å². The van der Waals surface area contributed by atoms with Crippen molar-refractivity contribution in [2.24, 2.45) is 21.7 Å². The first-order chi connectivity index (χ1) is 8.58. The van der Waals surface area contributed by atoms with Crippen molar-refractivity contribution in [3.63, 3.8) is 0 Å².